The summed E-state index contributed by atoms with van der Waals surface area (Å²) in [6.07, 6.45) is 1.48. The van der Waals surface area contributed by atoms with Gasteiger partial charge in [-0.2, -0.15) is 13.9 Å². The first-order chi connectivity index (χ1) is 13.0. The van der Waals surface area contributed by atoms with E-state index in [1.165, 1.54) is 12.3 Å². The molecule has 0 fully saturated rings. The number of anilines is 1. The SMILES string of the molecule is CCOc1cc(/C=N\NC(=S)Nc2cccc(OC)c2)ccc1OC(F)F. The predicted molar refractivity (Wildman–Crippen MR) is 104 cm³/mol. The van der Waals surface area contributed by atoms with Crippen molar-refractivity contribution >= 4 is 29.2 Å². The molecule has 0 bridgehead atoms. The average Bonchev–Trinajstić information content (AvgIpc) is 2.64. The molecule has 2 aromatic carbocycles. The summed E-state index contributed by atoms with van der Waals surface area (Å²) in [4.78, 5) is 0. The number of hydrazone groups is 1. The van der Waals surface area contributed by atoms with Gasteiger partial charge in [-0.1, -0.05) is 6.07 Å². The minimum absolute atomic E-state index is 0.0350. The lowest BCUT2D eigenvalue weighted by Crippen LogP contribution is -2.23. The van der Waals surface area contributed by atoms with Gasteiger partial charge in [0.15, 0.2) is 16.6 Å². The van der Waals surface area contributed by atoms with Crippen molar-refractivity contribution < 1.29 is 23.0 Å². The summed E-state index contributed by atoms with van der Waals surface area (Å²) in [5.41, 5.74) is 4.04. The van der Waals surface area contributed by atoms with Gasteiger partial charge >= 0.3 is 6.61 Å². The molecular weight excluding hydrogens is 376 g/mol. The number of alkyl halides is 2. The molecule has 6 nitrogen and oxygen atoms in total. The van der Waals surface area contributed by atoms with Gasteiger partial charge in [-0.3, -0.25) is 5.43 Å². The lowest BCUT2D eigenvalue weighted by atomic mass is 10.2. The number of benzene rings is 2. The second-order valence-corrected chi connectivity index (χ2v) is 5.48. The van der Waals surface area contributed by atoms with E-state index >= 15 is 0 Å². The third-order valence-electron chi connectivity index (χ3n) is 3.19. The molecule has 0 saturated carbocycles. The van der Waals surface area contributed by atoms with Gasteiger partial charge in [0, 0.05) is 11.8 Å². The molecule has 0 radical (unpaired) electrons. The second kappa shape index (κ2) is 10.3. The molecule has 2 N–H and O–H groups in total. The van der Waals surface area contributed by atoms with Crippen LogP contribution in [0.1, 0.15) is 12.5 Å². The largest absolute Gasteiger partial charge is 0.497 e. The zero-order chi connectivity index (χ0) is 19.6. The van der Waals surface area contributed by atoms with Crippen molar-refractivity contribution in [2.75, 3.05) is 19.0 Å². The minimum Gasteiger partial charge on any atom is -0.497 e. The van der Waals surface area contributed by atoms with E-state index in [1.54, 1.807) is 32.2 Å². The van der Waals surface area contributed by atoms with Crippen molar-refractivity contribution in [2.24, 2.45) is 5.10 Å². The summed E-state index contributed by atoms with van der Waals surface area (Å²) in [5, 5.41) is 7.26. The number of rotatable bonds is 8. The van der Waals surface area contributed by atoms with Crippen LogP contribution < -0.4 is 25.0 Å². The molecular formula is C18H19F2N3O3S. The van der Waals surface area contributed by atoms with Crippen LogP contribution in [0.15, 0.2) is 47.6 Å². The number of ether oxygens (including phenoxy) is 3. The predicted octanol–water partition coefficient (Wildman–Crippen LogP) is 4.02. The molecule has 27 heavy (non-hydrogen) atoms. The summed E-state index contributed by atoms with van der Waals surface area (Å²) in [6.45, 7) is -0.866. The monoisotopic (exact) mass is 395 g/mol. The zero-order valence-corrected chi connectivity index (χ0v) is 15.6. The Morgan fingerprint density at radius 3 is 2.74 bits per heavy atom. The third kappa shape index (κ3) is 6.70. The van der Waals surface area contributed by atoms with Crippen LogP contribution in [0.3, 0.4) is 0 Å². The molecule has 0 aromatic heterocycles. The van der Waals surface area contributed by atoms with E-state index in [4.69, 9.17) is 21.7 Å². The molecule has 0 atom stereocenters. The molecule has 9 heteroatoms. The number of hydrogen-bond acceptors (Lipinski definition) is 5. The maximum absolute atomic E-state index is 12.4. The molecule has 2 rings (SSSR count). The Morgan fingerprint density at radius 2 is 2.04 bits per heavy atom. The molecule has 144 valence electrons. The second-order valence-electron chi connectivity index (χ2n) is 5.07. The van der Waals surface area contributed by atoms with E-state index in [0.717, 1.165) is 5.69 Å². The Morgan fingerprint density at radius 1 is 1.22 bits per heavy atom. The topological polar surface area (TPSA) is 64.1 Å². The highest BCUT2D eigenvalue weighted by molar-refractivity contribution is 7.80. The molecule has 0 aliphatic carbocycles. The lowest BCUT2D eigenvalue weighted by molar-refractivity contribution is -0.0514. The van der Waals surface area contributed by atoms with Crippen LogP contribution in [0.25, 0.3) is 0 Å². The molecule has 0 aliphatic rings. The van der Waals surface area contributed by atoms with Crippen molar-refractivity contribution in [2.45, 2.75) is 13.5 Å². The minimum atomic E-state index is -2.93. The van der Waals surface area contributed by atoms with E-state index < -0.39 is 6.61 Å². The smallest absolute Gasteiger partial charge is 0.387 e. The normalized spacial score (nSPS) is 10.7. The van der Waals surface area contributed by atoms with Crippen LogP contribution in [0.5, 0.6) is 17.2 Å². The average molecular weight is 395 g/mol. The number of methoxy groups -OCH3 is 1. The Hall–Kier alpha value is -2.94. The van der Waals surface area contributed by atoms with Crippen molar-refractivity contribution in [3.05, 3.63) is 48.0 Å². The van der Waals surface area contributed by atoms with Gasteiger partial charge in [-0.15, -0.1) is 0 Å². The Bertz CT molecular complexity index is 803. The van der Waals surface area contributed by atoms with Gasteiger partial charge in [0.05, 0.1) is 19.9 Å². The quantitative estimate of drug-likeness (QED) is 0.400. The summed E-state index contributed by atoms with van der Waals surface area (Å²) >= 11 is 5.16. The molecule has 0 amide bonds. The molecule has 0 aliphatic heterocycles. The molecule has 2 aromatic rings. The highest BCUT2D eigenvalue weighted by Crippen LogP contribution is 2.29. The fourth-order valence-corrected chi connectivity index (χ4v) is 2.26. The van der Waals surface area contributed by atoms with Crippen molar-refractivity contribution in [1.29, 1.82) is 0 Å². The van der Waals surface area contributed by atoms with Crippen LogP contribution in [-0.4, -0.2) is 31.7 Å². The van der Waals surface area contributed by atoms with Crippen LogP contribution in [0.4, 0.5) is 14.5 Å². The molecule has 0 unspecified atom stereocenters. The summed E-state index contributed by atoms with van der Waals surface area (Å²) in [7, 11) is 1.58. The number of hydrogen-bond donors (Lipinski definition) is 2. The summed E-state index contributed by atoms with van der Waals surface area (Å²) < 4.78 is 39.7. The Balaban J connectivity index is 1.98. The molecule has 0 spiro atoms. The summed E-state index contributed by atoms with van der Waals surface area (Å²) in [6, 6.07) is 11.8. The number of nitrogens with zero attached hydrogens (tertiary/aromatic N) is 1. The maximum Gasteiger partial charge on any atom is 0.387 e. The van der Waals surface area contributed by atoms with Crippen LogP contribution in [-0.2, 0) is 0 Å². The van der Waals surface area contributed by atoms with Crippen molar-refractivity contribution in [3.63, 3.8) is 0 Å². The number of thiocarbonyl (C=S) groups is 1. The third-order valence-corrected chi connectivity index (χ3v) is 3.38. The number of nitrogens with one attached hydrogen (secondary N) is 2. The van der Waals surface area contributed by atoms with E-state index in [0.29, 0.717) is 17.9 Å². The van der Waals surface area contributed by atoms with E-state index in [9.17, 15) is 8.78 Å². The van der Waals surface area contributed by atoms with Crippen LogP contribution in [0, 0.1) is 0 Å². The standard InChI is InChI=1S/C18H19F2N3O3S/c1-3-25-16-9-12(7-8-15(16)26-17(19)20)11-21-23-18(27)22-13-5-4-6-14(10-13)24-2/h4-11,17H,3H2,1-2H3,(H2,22,23,27)/b21-11-. The highest BCUT2D eigenvalue weighted by atomic mass is 32.1. The van der Waals surface area contributed by atoms with Gasteiger partial charge in [-0.25, -0.2) is 0 Å². The first kappa shape index (κ1) is 20.4. The van der Waals surface area contributed by atoms with Gasteiger partial charge in [0.1, 0.15) is 5.75 Å². The van der Waals surface area contributed by atoms with Gasteiger partial charge in [0.2, 0.25) is 0 Å². The highest BCUT2D eigenvalue weighted by Gasteiger charge is 2.11. The van der Waals surface area contributed by atoms with E-state index in [2.05, 4.69) is 20.6 Å². The Labute approximate surface area is 161 Å². The zero-order valence-electron chi connectivity index (χ0n) is 14.7. The van der Waals surface area contributed by atoms with Gasteiger partial charge in [-0.05, 0) is 55.0 Å². The molecule has 0 heterocycles. The molecule has 0 saturated heterocycles. The van der Waals surface area contributed by atoms with Crippen LogP contribution >= 0.6 is 12.2 Å². The first-order valence-electron chi connectivity index (χ1n) is 7.97. The van der Waals surface area contributed by atoms with E-state index in [-0.39, 0.29) is 16.6 Å². The fourth-order valence-electron chi connectivity index (χ4n) is 2.09. The lowest BCUT2D eigenvalue weighted by Gasteiger charge is -2.11. The number of halogens is 2. The summed E-state index contributed by atoms with van der Waals surface area (Å²) in [5.74, 6) is 0.867. The van der Waals surface area contributed by atoms with Gasteiger partial charge < -0.3 is 19.5 Å². The van der Waals surface area contributed by atoms with Crippen LogP contribution in [0.2, 0.25) is 0 Å². The fraction of sp³-hybridized carbons (Fsp3) is 0.222. The maximum atomic E-state index is 12.4. The Kier molecular flexibility index (Phi) is 7.75. The van der Waals surface area contributed by atoms with E-state index in [1.807, 2.05) is 18.2 Å². The van der Waals surface area contributed by atoms with Crippen molar-refractivity contribution in [1.82, 2.24) is 5.43 Å². The van der Waals surface area contributed by atoms with Crippen molar-refractivity contribution in [3.8, 4) is 17.2 Å². The van der Waals surface area contributed by atoms with Gasteiger partial charge in [0.25, 0.3) is 0 Å². The first-order valence-corrected chi connectivity index (χ1v) is 8.38.